The number of piperidine rings is 1. The van der Waals surface area contributed by atoms with Crippen molar-refractivity contribution in [1.29, 1.82) is 0 Å². The Balaban J connectivity index is 1.89. The molecular weight excluding hydrogens is 403 g/mol. The van der Waals surface area contributed by atoms with Crippen molar-refractivity contribution in [2.75, 3.05) is 18.4 Å². The highest BCUT2D eigenvalue weighted by Gasteiger charge is 2.20. The van der Waals surface area contributed by atoms with E-state index in [4.69, 9.17) is 0 Å². The lowest BCUT2D eigenvalue weighted by Crippen LogP contribution is -2.42. The zero-order valence-corrected chi connectivity index (χ0v) is 14.7. The topological polar surface area (TPSA) is 15.3 Å². The Labute approximate surface area is 132 Å². The zero-order valence-electron chi connectivity index (χ0n) is 10.9. The van der Waals surface area contributed by atoms with Gasteiger partial charge in [0.05, 0.1) is 0 Å². The van der Waals surface area contributed by atoms with Crippen LogP contribution in [0.15, 0.2) is 22.7 Å². The van der Waals surface area contributed by atoms with Crippen LogP contribution in [0.3, 0.4) is 0 Å². The van der Waals surface area contributed by atoms with Gasteiger partial charge in [-0.25, -0.2) is 0 Å². The minimum absolute atomic E-state index is 0.618. The van der Waals surface area contributed by atoms with Crippen LogP contribution in [-0.4, -0.2) is 30.1 Å². The summed E-state index contributed by atoms with van der Waals surface area (Å²) in [4.78, 5) is 2.56. The first-order valence-electron chi connectivity index (χ1n) is 6.52. The van der Waals surface area contributed by atoms with Gasteiger partial charge in [-0.1, -0.05) is 0 Å². The summed E-state index contributed by atoms with van der Waals surface area (Å²) in [6.45, 7) is 6.98. The fourth-order valence-electron chi connectivity index (χ4n) is 2.38. The van der Waals surface area contributed by atoms with E-state index in [9.17, 15) is 0 Å². The SMILES string of the molecule is CC(C)N1CCC(Nc2ccc(I)c(Br)c2)CC1. The predicted molar refractivity (Wildman–Crippen MR) is 90.2 cm³/mol. The molecule has 100 valence electrons. The number of rotatable bonds is 3. The summed E-state index contributed by atoms with van der Waals surface area (Å²) < 4.78 is 2.43. The van der Waals surface area contributed by atoms with Crippen LogP contribution >= 0.6 is 38.5 Å². The Bertz CT molecular complexity index is 401. The molecule has 1 aromatic rings. The van der Waals surface area contributed by atoms with Crippen LogP contribution in [-0.2, 0) is 0 Å². The van der Waals surface area contributed by atoms with Crippen LogP contribution in [0.5, 0.6) is 0 Å². The minimum atomic E-state index is 0.618. The maximum Gasteiger partial charge on any atom is 0.0354 e. The molecule has 1 saturated heterocycles. The molecule has 0 atom stereocenters. The summed E-state index contributed by atoms with van der Waals surface area (Å²) in [7, 11) is 0. The summed E-state index contributed by atoms with van der Waals surface area (Å²) in [6, 6.07) is 7.79. The molecule has 0 amide bonds. The monoisotopic (exact) mass is 422 g/mol. The van der Waals surface area contributed by atoms with Crippen molar-refractivity contribution in [2.45, 2.75) is 38.8 Å². The third-order valence-electron chi connectivity index (χ3n) is 3.55. The molecule has 0 aromatic heterocycles. The molecule has 2 nitrogen and oxygen atoms in total. The average molecular weight is 423 g/mol. The molecule has 1 heterocycles. The van der Waals surface area contributed by atoms with Gasteiger partial charge < -0.3 is 10.2 Å². The van der Waals surface area contributed by atoms with Gasteiger partial charge in [0.2, 0.25) is 0 Å². The highest BCUT2D eigenvalue weighted by atomic mass is 127. The van der Waals surface area contributed by atoms with Gasteiger partial charge in [-0.2, -0.15) is 0 Å². The summed E-state index contributed by atoms with van der Waals surface area (Å²) >= 11 is 5.92. The minimum Gasteiger partial charge on any atom is -0.382 e. The summed E-state index contributed by atoms with van der Waals surface area (Å²) in [5.41, 5.74) is 1.23. The first-order chi connectivity index (χ1) is 8.56. The largest absolute Gasteiger partial charge is 0.382 e. The molecular formula is C14H20BrIN2. The molecule has 0 saturated carbocycles. The van der Waals surface area contributed by atoms with E-state index in [-0.39, 0.29) is 0 Å². The lowest BCUT2D eigenvalue weighted by molar-refractivity contribution is 0.177. The van der Waals surface area contributed by atoms with Crippen molar-refractivity contribution in [3.05, 3.63) is 26.2 Å². The number of hydrogen-bond donors (Lipinski definition) is 1. The van der Waals surface area contributed by atoms with Gasteiger partial charge in [0.15, 0.2) is 0 Å². The summed E-state index contributed by atoms with van der Waals surface area (Å²) in [6.07, 6.45) is 2.48. The van der Waals surface area contributed by atoms with E-state index in [2.05, 4.69) is 80.8 Å². The van der Waals surface area contributed by atoms with Crippen LogP contribution < -0.4 is 5.32 Å². The van der Waals surface area contributed by atoms with Crippen molar-refractivity contribution < 1.29 is 0 Å². The molecule has 1 aliphatic heterocycles. The van der Waals surface area contributed by atoms with Crippen LogP contribution in [0.25, 0.3) is 0 Å². The van der Waals surface area contributed by atoms with Gasteiger partial charge in [-0.3, -0.25) is 0 Å². The van der Waals surface area contributed by atoms with Crippen molar-refractivity contribution in [3.63, 3.8) is 0 Å². The number of hydrogen-bond acceptors (Lipinski definition) is 2. The molecule has 1 aromatic carbocycles. The summed E-state index contributed by atoms with van der Waals surface area (Å²) in [5.74, 6) is 0. The van der Waals surface area contributed by atoms with Crippen LogP contribution in [0.4, 0.5) is 5.69 Å². The van der Waals surface area contributed by atoms with Gasteiger partial charge in [-0.15, -0.1) is 0 Å². The van der Waals surface area contributed by atoms with E-state index in [0.717, 1.165) is 0 Å². The molecule has 2 rings (SSSR count). The molecule has 0 unspecified atom stereocenters. The van der Waals surface area contributed by atoms with E-state index in [1.54, 1.807) is 0 Å². The molecule has 0 bridgehead atoms. The van der Waals surface area contributed by atoms with Gasteiger partial charge in [0.1, 0.15) is 0 Å². The average Bonchev–Trinajstić information content (AvgIpc) is 2.34. The normalized spacial score (nSPS) is 18.3. The van der Waals surface area contributed by atoms with E-state index in [0.29, 0.717) is 12.1 Å². The van der Waals surface area contributed by atoms with E-state index in [1.165, 1.54) is 39.7 Å². The molecule has 1 aliphatic rings. The highest BCUT2D eigenvalue weighted by molar-refractivity contribution is 14.1. The predicted octanol–water partition coefficient (Wildman–Crippen LogP) is 4.34. The maximum atomic E-state index is 3.65. The van der Waals surface area contributed by atoms with Crippen molar-refractivity contribution in [2.24, 2.45) is 0 Å². The molecule has 18 heavy (non-hydrogen) atoms. The third kappa shape index (κ3) is 3.84. The fourth-order valence-corrected chi connectivity index (χ4v) is 3.10. The third-order valence-corrected chi connectivity index (χ3v) is 5.89. The number of benzene rings is 1. The lowest BCUT2D eigenvalue weighted by atomic mass is 10.0. The van der Waals surface area contributed by atoms with Gasteiger partial charge in [0, 0.05) is 38.9 Å². The Morgan fingerprint density at radius 3 is 2.56 bits per heavy atom. The van der Waals surface area contributed by atoms with Crippen LogP contribution in [0, 0.1) is 3.57 Å². The number of nitrogens with zero attached hydrogens (tertiary/aromatic N) is 1. The highest BCUT2D eigenvalue weighted by Crippen LogP contribution is 2.25. The number of halogens is 2. The Morgan fingerprint density at radius 2 is 2.00 bits per heavy atom. The number of nitrogens with one attached hydrogen (secondary N) is 1. The van der Waals surface area contributed by atoms with E-state index < -0.39 is 0 Å². The van der Waals surface area contributed by atoms with Gasteiger partial charge in [0.25, 0.3) is 0 Å². The second-order valence-electron chi connectivity index (χ2n) is 5.18. The first kappa shape index (κ1) is 14.6. The summed E-state index contributed by atoms with van der Waals surface area (Å²) in [5, 5.41) is 3.65. The molecule has 1 N–H and O–H groups in total. The second kappa shape index (κ2) is 6.57. The van der Waals surface area contributed by atoms with Crippen molar-refractivity contribution >= 4 is 44.2 Å². The quantitative estimate of drug-likeness (QED) is 0.729. The lowest BCUT2D eigenvalue weighted by Gasteiger charge is -2.35. The van der Waals surface area contributed by atoms with Gasteiger partial charge >= 0.3 is 0 Å². The van der Waals surface area contributed by atoms with Crippen LogP contribution in [0.2, 0.25) is 0 Å². The van der Waals surface area contributed by atoms with E-state index in [1.807, 2.05) is 0 Å². The molecule has 0 radical (unpaired) electrons. The van der Waals surface area contributed by atoms with E-state index >= 15 is 0 Å². The smallest absolute Gasteiger partial charge is 0.0354 e. The molecule has 1 fully saturated rings. The molecule has 0 aliphatic carbocycles. The Kier molecular flexibility index (Phi) is 5.33. The Morgan fingerprint density at radius 1 is 1.33 bits per heavy atom. The first-order valence-corrected chi connectivity index (χ1v) is 8.39. The van der Waals surface area contributed by atoms with Crippen LogP contribution in [0.1, 0.15) is 26.7 Å². The fraction of sp³-hybridized carbons (Fsp3) is 0.571. The van der Waals surface area contributed by atoms with Crippen molar-refractivity contribution in [1.82, 2.24) is 4.90 Å². The van der Waals surface area contributed by atoms with Crippen molar-refractivity contribution in [3.8, 4) is 0 Å². The van der Waals surface area contributed by atoms with Gasteiger partial charge in [-0.05, 0) is 83.4 Å². The molecule has 4 heteroatoms. The number of likely N-dealkylation sites (tertiary alicyclic amines) is 1. The Hall–Kier alpha value is 0.190. The molecule has 0 spiro atoms. The zero-order chi connectivity index (χ0) is 13.1. The maximum absolute atomic E-state index is 3.65. The second-order valence-corrected chi connectivity index (χ2v) is 7.19. The standard InChI is InChI=1S/C14H20BrIN2/c1-10(2)18-7-5-11(6-8-18)17-12-3-4-14(16)13(15)9-12/h3-4,9-11,17H,5-8H2,1-2H3. The number of anilines is 1.